The van der Waals surface area contributed by atoms with Crippen molar-refractivity contribution in [3.8, 4) is 6.07 Å². The van der Waals surface area contributed by atoms with Crippen LogP contribution in [0.1, 0.15) is 58.3 Å². The van der Waals surface area contributed by atoms with Gasteiger partial charge in [-0.3, -0.25) is 0 Å². The topological polar surface area (TPSA) is 59.3 Å². The van der Waals surface area contributed by atoms with Gasteiger partial charge in [-0.05, 0) is 70.1 Å². The number of carbonyl (C=O) groups excluding carboxylic acids is 1. The smallest absolute Gasteiger partial charge is 0.335 e. The molecule has 2 aliphatic carbocycles. The molecule has 2 saturated carbocycles. The maximum absolute atomic E-state index is 11.3. The molecule has 0 amide bonds. The average molecular weight is 305 g/mol. The minimum Gasteiger partial charge on any atom is -0.435 e. The molecule has 0 saturated heterocycles. The number of hydrogen-bond donors (Lipinski definition) is 0. The Labute approximate surface area is 133 Å². The van der Waals surface area contributed by atoms with E-state index in [2.05, 4.69) is 12.6 Å². The number of ether oxygens (including phenoxy) is 2. The zero-order valence-electron chi connectivity index (χ0n) is 13.6. The van der Waals surface area contributed by atoms with Crippen LogP contribution >= 0.6 is 0 Å². The lowest BCUT2D eigenvalue weighted by atomic mass is 9.71. The Kier molecular flexibility index (Phi) is 6.45. The first-order chi connectivity index (χ1) is 10.6. The zero-order valence-corrected chi connectivity index (χ0v) is 13.6. The van der Waals surface area contributed by atoms with E-state index in [0.717, 1.165) is 37.5 Å². The van der Waals surface area contributed by atoms with Gasteiger partial charge in [-0.25, -0.2) is 4.79 Å². The van der Waals surface area contributed by atoms with E-state index >= 15 is 0 Å². The van der Waals surface area contributed by atoms with E-state index < -0.39 is 0 Å². The second-order valence-corrected chi connectivity index (χ2v) is 6.77. The van der Waals surface area contributed by atoms with Crippen LogP contribution in [0, 0.1) is 29.1 Å². The number of nitriles is 1. The van der Waals surface area contributed by atoms with E-state index in [0.29, 0.717) is 11.5 Å². The Hall–Kier alpha value is -1.34. The molecule has 0 aromatic rings. The van der Waals surface area contributed by atoms with Crippen molar-refractivity contribution >= 4 is 5.97 Å². The number of esters is 1. The van der Waals surface area contributed by atoms with E-state index in [1.165, 1.54) is 25.7 Å². The van der Waals surface area contributed by atoms with Crippen LogP contribution in [0.4, 0.5) is 0 Å². The van der Waals surface area contributed by atoms with Crippen molar-refractivity contribution < 1.29 is 14.3 Å². The van der Waals surface area contributed by atoms with Crippen molar-refractivity contribution in [1.29, 1.82) is 5.26 Å². The van der Waals surface area contributed by atoms with Crippen LogP contribution in [0.3, 0.4) is 0 Å². The summed E-state index contributed by atoms with van der Waals surface area (Å²) in [7, 11) is 0. The van der Waals surface area contributed by atoms with E-state index in [1.54, 1.807) is 6.92 Å². The Balaban J connectivity index is 1.63. The number of carbonyl (C=O) groups is 1. The number of rotatable bonds is 5. The monoisotopic (exact) mass is 305 g/mol. The zero-order chi connectivity index (χ0) is 15.9. The second-order valence-electron chi connectivity index (χ2n) is 6.77. The van der Waals surface area contributed by atoms with Gasteiger partial charge < -0.3 is 9.47 Å². The third kappa shape index (κ3) is 4.84. The lowest BCUT2D eigenvalue weighted by Crippen LogP contribution is -2.29. The summed E-state index contributed by atoms with van der Waals surface area (Å²) in [5.41, 5.74) is 0.403. The fraction of sp³-hybridized carbons (Fsp3) is 0.778. The van der Waals surface area contributed by atoms with E-state index in [9.17, 15) is 4.79 Å². The average Bonchev–Trinajstić information content (AvgIpc) is 2.55. The molecule has 4 heteroatoms. The maximum atomic E-state index is 11.3. The molecule has 0 spiro atoms. The molecule has 0 N–H and O–H groups in total. The van der Waals surface area contributed by atoms with Crippen LogP contribution in [0.2, 0.25) is 0 Å². The normalized spacial score (nSPS) is 32.0. The number of nitrogens with zero attached hydrogens (tertiary/aromatic N) is 1. The van der Waals surface area contributed by atoms with Gasteiger partial charge in [-0.2, -0.15) is 5.26 Å². The molecule has 122 valence electrons. The summed E-state index contributed by atoms with van der Waals surface area (Å²) in [5, 5.41) is 8.97. The van der Waals surface area contributed by atoms with Gasteiger partial charge >= 0.3 is 5.97 Å². The molecule has 0 aromatic carbocycles. The van der Waals surface area contributed by atoms with Gasteiger partial charge in [0.05, 0.1) is 12.2 Å². The Morgan fingerprint density at radius 2 is 1.64 bits per heavy atom. The lowest BCUT2D eigenvalue weighted by Gasteiger charge is -2.36. The maximum Gasteiger partial charge on any atom is 0.335 e. The molecule has 0 heterocycles. The van der Waals surface area contributed by atoms with E-state index in [4.69, 9.17) is 14.7 Å². The molecular weight excluding hydrogens is 278 g/mol. The molecule has 0 aliphatic heterocycles. The minimum atomic E-state index is -0.386. The third-order valence-corrected chi connectivity index (χ3v) is 5.18. The van der Waals surface area contributed by atoms with Crippen LogP contribution in [0.15, 0.2) is 12.2 Å². The van der Waals surface area contributed by atoms with E-state index in [-0.39, 0.29) is 18.9 Å². The van der Waals surface area contributed by atoms with Crippen molar-refractivity contribution in [2.75, 3.05) is 6.79 Å². The predicted molar refractivity (Wildman–Crippen MR) is 83.7 cm³/mol. The third-order valence-electron chi connectivity index (χ3n) is 5.18. The Morgan fingerprint density at radius 3 is 2.14 bits per heavy atom. The molecular formula is C18H27NO3. The highest BCUT2D eigenvalue weighted by molar-refractivity contribution is 5.86. The molecule has 2 rings (SSSR count). The summed E-state index contributed by atoms with van der Waals surface area (Å²) in [4.78, 5) is 11.3. The highest BCUT2D eigenvalue weighted by atomic mass is 16.7. The highest BCUT2D eigenvalue weighted by Gasteiger charge is 2.31. The predicted octanol–water partition coefficient (Wildman–Crippen LogP) is 3.97. The molecule has 0 aromatic heterocycles. The molecule has 0 unspecified atom stereocenters. The van der Waals surface area contributed by atoms with Crippen molar-refractivity contribution in [3.63, 3.8) is 0 Å². The van der Waals surface area contributed by atoms with Gasteiger partial charge in [-0.1, -0.05) is 6.58 Å². The van der Waals surface area contributed by atoms with Crippen molar-refractivity contribution in [2.24, 2.45) is 17.8 Å². The quantitative estimate of drug-likeness (QED) is 0.438. The van der Waals surface area contributed by atoms with Crippen LogP contribution < -0.4 is 0 Å². The van der Waals surface area contributed by atoms with Gasteiger partial charge in [-0.15, -0.1) is 0 Å². The molecule has 0 atom stereocenters. The molecule has 2 aliphatic rings. The van der Waals surface area contributed by atoms with Crippen LogP contribution in [0.25, 0.3) is 0 Å². The fourth-order valence-corrected chi connectivity index (χ4v) is 3.75. The van der Waals surface area contributed by atoms with Gasteiger partial charge in [0.1, 0.15) is 0 Å². The fourth-order valence-electron chi connectivity index (χ4n) is 3.75. The SMILES string of the molecule is C=C(C)C(=O)OCOC1CCC(C2CCC(C#N)CC2)CC1. The Morgan fingerprint density at radius 1 is 1.09 bits per heavy atom. The number of hydrogen-bond acceptors (Lipinski definition) is 4. The summed E-state index contributed by atoms with van der Waals surface area (Å²) in [6.45, 7) is 5.21. The van der Waals surface area contributed by atoms with Crippen molar-refractivity contribution in [2.45, 2.75) is 64.4 Å². The molecule has 0 bridgehead atoms. The molecule has 22 heavy (non-hydrogen) atoms. The first-order valence-electron chi connectivity index (χ1n) is 8.44. The molecule has 0 radical (unpaired) electrons. The summed E-state index contributed by atoms with van der Waals surface area (Å²) in [6, 6.07) is 2.41. The first kappa shape index (κ1) is 17.0. The summed E-state index contributed by atoms with van der Waals surface area (Å²) >= 11 is 0. The Bertz CT molecular complexity index is 424. The highest BCUT2D eigenvalue weighted by Crippen LogP contribution is 2.40. The molecule has 4 nitrogen and oxygen atoms in total. The summed E-state index contributed by atoms with van der Waals surface area (Å²) < 4.78 is 10.6. The van der Waals surface area contributed by atoms with Gasteiger partial charge in [0.15, 0.2) is 6.79 Å². The van der Waals surface area contributed by atoms with Crippen LogP contribution in [-0.2, 0) is 14.3 Å². The van der Waals surface area contributed by atoms with Crippen LogP contribution in [-0.4, -0.2) is 18.9 Å². The van der Waals surface area contributed by atoms with Crippen molar-refractivity contribution in [3.05, 3.63) is 12.2 Å². The lowest BCUT2D eigenvalue weighted by molar-refractivity contribution is -0.158. The first-order valence-corrected chi connectivity index (χ1v) is 8.44. The van der Waals surface area contributed by atoms with Crippen molar-refractivity contribution in [1.82, 2.24) is 0 Å². The summed E-state index contributed by atoms with van der Waals surface area (Å²) in [5.74, 6) is 1.49. The van der Waals surface area contributed by atoms with Crippen LogP contribution in [0.5, 0.6) is 0 Å². The van der Waals surface area contributed by atoms with E-state index in [1.807, 2.05) is 0 Å². The van der Waals surface area contributed by atoms with Gasteiger partial charge in [0, 0.05) is 11.5 Å². The standard InChI is InChI=1S/C18H27NO3/c1-13(2)18(20)22-12-21-17-9-7-16(8-10-17)15-5-3-14(11-19)4-6-15/h14-17H,1,3-10,12H2,2H3. The van der Waals surface area contributed by atoms with Gasteiger partial charge in [0.25, 0.3) is 0 Å². The largest absolute Gasteiger partial charge is 0.435 e. The van der Waals surface area contributed by atoms with Gasteiger partial charge in [0.2, 0.25) is 0 Å². The second kappa shape index (κ2) is 8.33. The molecule has 2 fully saturated rings. The summed E-state index contributed by atoms with van der Waals surface area (Å²) in [6.07, 6.45) is 9.28. The minimum absolute atomic E-state index is 0.0360.